The van der Waals surface area contributed by atoms with Crippen LogP contribution in [0, 0.1) is 5.92 Å². The van der Waals surface area contributed by atoms with E-state index in [2.05, 4.69) is 0 Å². The maximum Gasteiger partial charge on any atom is 0.307 e. The molecule has 2 rings (SSSR count). The number of carboxylic acid groups (broad SMARTS) is 1. The highest BCUT2D eigenvalue weighted by molar-refractivity contribution is 5.73. The molecule has 0 radical (unpaired) electrons. The van der Waals surface area contributed by atoms with Crippen molar-refractivity contribution in [1.29, 1.82) is 0 Å². The molecule has 0 saturated heterocycles. The van der Waals surface area contributed by atoms with Gasteiger partial charge in [-0.15, -0.1) is 0 Å². The van der Waals surface area contributed by atoms with Gasteiger partial charge < -0.3 is 14.6 Å². The van der Waals surface area contributed by atoms with E-state index in [0.717, 1.165) is 29.9 Å². The Morgan fingerprint density at radius 1 is 1.29 bits per heavy atom. The highest BCUT2D eigenvalue weighted by Crippen LogP contribution is 2.46. The molecule has 0 heterocycles. The molecule has 92 valence electrons. The van der Waals surface area contributed by atoms with Crippen LogP contribution in [-0.2, 0) is 4.79 Å². The van der Waals surface area contributed by atoms with Crippen LogP contribution < -0.4 is 9.47 Å². The summed E-state index contributed by atoms with van der Waals surface area (Å²) < 4.78 is 10.4. The molecule has 1 aromatic rings. The van der Waals surface area contributed by atoms with Crippen LogP contribution in [0.2, 0.25) is 0 Å². The van der Waals surface area contributed by atoms with E-state index in [4.69, 9.17) is 14.6 Å². The average Bonchev–Trinajstić information content (AvgIpc) is 2.26. The second-order valence-electron chi connectivity index (χ2n) is 4.24. The third-order valence-corrected chi connectivity index (χ3v) is 3.43. The summed E-state index contributed by atoms with van der Waals surface area (Å²) in [6, 6.07) is 5.51. The van der Waals surface area contributed by atoms with Crippen molar-refractivity contribution in [3.05, 3.63) is 23.8 Å². The Morgan fingerprint density at radius 2 is 2.06 bits per heavy atom. The van der Waals surface area contributed by atoms with Crippen LogP contribution in [0.3, 0.4) is 0 Å². The third kappa shape index (κ3) is 2.07. The Hall–Kier alpha value is -1.71. The van der Waals surface area contributed by atoms with E-state index in [9.17, 15) is 4.79 Å². The zero-order chi connectivity index (χ0) is 12.4. The number of carbonyl (C=O) groups is 1. The fourth-order valence-corrected chi connectivity index (χ4v) is 2.30. The predicted octanol–water partition coefficient (Wildman–Crippen LogP) is 2.28. The summed E-state index contributed by atoms with van der Waals surface area (Å²) in [5.74, 6) is 0.485. The first-order chi connectivity index (χ1) is 8.17. The standard InChI is InChI=1S/C13H16O4/c1-16-8-3-6-12(17-2)11(7-8)9-4-5-10(9)13(14)15/h3,6-7,9-10H,4-5H2,1-2H3,(H,14,15). The highest BCUT2D eigenvalue weighted by atomic mass is 16.5. The van der Waals surface area contributed by atoms with Crippen molar-refractivity contribution in [2.24, 2.45) is 5.92 Å². The van der Waals surface area contributed by atoms with Crippen molar-refractivity contribution in [3.63, 3.8) is 0 Å². The van der Waals surface area contributed by atoms with Crippen LogP contribution in [0.1, 0.15) is 24.3 Å². The van der Waals surface area contributed by atoms with Crippen molar-refractivity contribution in [3.8, 4) is 11.5 Å². The number of methoxy groups -OCH3 is 2. The lowest BCUT2D eigenvalue weighted by Crippen LogP contribution is -2.31. The molecule has 1 N–H and O–H groups in total. The van der Waals surface area contributed by atoms with Crippen LogP contribution >= 0.6 is 0 Å². The minimum absolute atomic E-state index is 0.0394. The first kappa shape index (κ1) is 11.8. The van der Waals surface area contributed by atoms with Gasteiger partial charge in [0.05, 0.1) is 20.1 Å². The zero-order valence-corrected chi connectivity index (χ0v) is 9.97. The van der Waals surface area contributed by atoms with E-state index in [1.54, 1.807) is 14.2 Å². The second kappa shape index (κ2) is 4.65. The number of hydrogen-bond donors (Lipinski definition) is 1. The van der Waals surface area contributed by atoms with E-state index in [0.29, 0.717) is 0 Å². The van der Waals surface area contributed by atoms with Crippen molar-refractivity contribution >= 4 is 5.97 Å². The maximum atomic E-state index is 11.0. The molecule has 0 amide bonds. The number of hydrogen-bond acceptors (Lipinski definition) is 3. The Labute approximate surface area is 100 Å². The quantitative estimate of drug-likeness (QED) is 0.871. The van der Waals surface area contributed by atoms with Gasteiger partial charge in [0.15, 0.2) is 0 Å². The summed E-state index contributed by atoms with van der Waals surface area (Å²) in [7, 11) is 3.20. The first-order valence-electron chi connectivity index (χ1n) is 5.62. The molecule has 4 nitrogen and oxygen atoms in total. The maximum absolute atomic E-state index is 11.0. The molecule has 1 aliphatic carbocycles. The summed E-state index contributed by atoms with van der Waals surface area (Å²) in [6.07, 6.45) is 1.63. The molecular weight excluding hydrogens is 220 g/mol. The van der Waals surface area contributed by atoms with Gasteiger partial charge in [-0.3, -0.25) is 4.79 Å². The molecule has 4 heteroatoms. The van der Waals surface area contributed by atoms with Gasteiger partial charge in [-0.25, -0.2) is 0 Å². The van der Waals surface area contributed by atoms with Gasteiger partial charge in [0.2, 0.25) is 0 Å². The molecule has 0 spiro atoms. The van der Waals surface area contributed by atoms with Crippen LogP contribution in [0.4, 0.5) is 0 Å². The van der Waals surface area contributed by atoms with Gasteiger partial charge in [-0.05, 0) is 31.0 Å². The van der Waals surface area contributed by atoms with Crippen molar-refractivity contribution < 1.29 is 19.4 Å². The third-order valence-electron chi connectivity index (χ3n) is 3.43. The summed E-state index contributed by atoms with van der Waals surface area (Å²) in [5, 5.41) is 9.08. The molecule has 0 bridgehead atoms. The molecular formula is C13H16O4. The summed E-state index contributed by atoms with van der Waals surface area (Å²) in [5.41, 5.74) is 0.936. The fraction of sp³-hybridized carbons (Fsp3) is 0.462. The lowest BCUT2D eigenvalue weighted by molar-refractivity contribution is -0.145. The molecule has 2 atom stereocenters. The lowest BCUT2D eigenvalue weighted by Gasteiger charge is -2.34. The Balaban J connectivity index is 2.32. The summed E-state index contributed by atoms with van der Waals surface area (Å²) in [4.78, 5) is 11.0. The predicted molar refractivity (Wildman–Crippen MR) is 62.6 cm³/mol. The van der Waals surface area contributed by atoms with E-state index in [-0.39, 0.29) is 11.8 Å². The summed E-state index contributed by atoms with van der Waals surface area (Å²) >= 11 is 0. The normalized spacial score (nSPS) is 22.7. The number of benzene rings is 1. The van der Waals surface area contributed by atoms with Gasteiger partial charge in [0, 0.05) is 11.5 Å². The van der Waals surface area contributed by atoms with Gasteiger partial charge in [-0.1, -0.05) is 0 Å². The van der Waals surface area contributed by atoms with Crippen LogP contribution in [0.5, 0.6) is 11.5 Å². The monoisotopic (exact) mass is 236 g/mol. The van der Waals surface area contributed by atoms with Crippen LogP contribution in [0.25, 0.3) is 0 Å². The zero-order valence-electron chi connectivity index (χ0n) is 9.97. The van der Waals surface area contributed by atoms with Gasteiger partial charge in [-0.2, -0.15) is 0 Å². The number of rotatable bonds is 4. The molecule has 17 heavy (non-hydrogen) atoms. The van der Waals surface area contributed by atoms with Crippen molar-refractivity contribution in [1.82, 2.24) is 0 Å². The van der Waals surface area contributed by atoms with Gasteiger partial charge >= 0.3 is 5.97 Å². The molecule has 1 fully saturated rings. The average molecular weight is 236 g/mol. The van der Waals surface area contributed by atoms with E-state index >= 15 is 0 Å². The fourth-order valence-electron chi connectivity index (χ4n) is 2.30. The van der Waals surface area contributed by atoms with Gasteiger partial charge in [0.25, 0.3) is 0 Å². The number of aliphatic carboxylic acids is 1. The van der Waals surface area contributed by atoms with E-state index in [1.165, 1.54) is 0 Å². The van der Waals surface area contributed by atoms with E-state index in [1.807, 2.05) is 18.2 Å². The van der Waals surface area contributed by atoms with Crippen molar-refractivity contribution in [2.45, 2.75) is 18.8 Å². The largest absolute Gasteiger partial charge is 0.497 e. The Kier molecular flexibility index (Phi) is 3.22. The number of carboxylic acids is 1. The SMILES string of the molecule is COc1ccc(OC)c(C2CCC2C(=O)O)c1. The van der Waals surface area contributed by atoms with Crippen LogP contribution in [-0.4, -0.2) is 25.3 Å². The second-order valence-corrected chi connectivity index (χ2v) is 4.24. The van der Waals surface area contributed by atoms with Gasteiger partial charge in [0.1, 0.15) is 11.5 Å². The molecule has 0 aromatic heterocycles. The molecule has 1 aliphatic rings. The molecule has 1 saturated carbocycles. The molecule has 0 aliphatic heterocycles. The van der Waals surface area contributed by atoms with Crippen molar-refractivity contribution in [2.75, 3.05) is 14.2 Å². The number of ether oxygens (including phenoxy) is 2. The smallest absolute Gasteiger partial charge is 0.307 e. The topological polar surface area (TPSA) is 55.8 Å². The minimum atomic E-state index is -0.730. The molecule has 2 unspecified atom stereocenters. The molecule has 1 aromatic carbocycles. The Morgan fingerprint density at radius 3 is 2.53 bits per heavy atom. The van der Waals surface area contributed by atoms with Crippen LogP contribution in [0.15, 0.2) is 18.2 Å². The summed E-state index contributed by atoms with van der Waals surface area (Å²) in [6.45, 7) is 0. The lowest BCUT2D eigenvalue weighted by atomic mass is 9.70. The minimum Gasteiger partial charge on any atom is -0.497 e. The Bertz CT molecular complexity index is 427. The first-order valence-corrected chi connectivity index (χ1v) is 5.62. The van der Waals surface area contributed by atoms with E-state index < -0.39 is 5.97 Å². The highest BCUT2D eigenvalue weighted by Gasteiger charge is 2.39.